The Bertz CT molecular complexity index is 996. The molecule has 0 atom stereocenters. The van der Waals surface area contributed by atoms with Crippen LogP contribution >= 0.6 is 11.3 Å². The van der Waals surface area contributed by atoms with E-state index in [1.54, 1.807) is 11.3 Å². The Labute approximate surface area is 162 Å². The van der Waals surface area contributed by atoms with Crippen molar-refractivity contribution in [3.63, 3.8) is 0 Å². The predicted octanol–water partition coefficient (Wildman–Crippen LogP) is 4.30. The van der Waals surface area contributed by atoms with E-state index >= 15 is 0 Å². The van der Waals surface area contributed by atoms with E-state index in [9.17, 15) is 4.79 Å². The van der Waals surface area contributed by atoms with Crippen molar-refractivity contribution in [2.75, 3.05) is 23.3 Å². The van der Waals surface area contributed by atoms with Gasteiger partial charge in [0.1, 0.15) is 0 Å². The Hall–Kier alpha value is -2.66. The van der Waals surface area contributed by atoms with Gasteiger partial charge in [0.15, 0.2) is 5.13 Å². The number of thiazole rings is 1. The summed E-state index contributed by atoms with van der Waals surface area (Å²) in [7, 11) is 0. The van der Waals surface area contributed by atoms with Crippen molar-refractivity contribution >= 4 is 28.1 Å². The van der Waals surface area contributed by atoms with Crippen LogP contribution in [0.1, 0.15) is 23.1 Å². The molecule has 136 valence electrons. The van der Waals surface area contributed by atoms with Gasteiger partial charge >= 0.3 is 0 Å². The maximum Gasteiger partial charge on any atom is 0.231 e. The van der Waals surface area contributed by atoms with E-state index in [4.69, 9.17) is 4.98 Å². The fraction of sp³-hybridized carbons (Fsp3) is 0.273. The van der Waals surface area contributed by atoms with Gasteiger partial charge in [-0.05, 0) is 48.1 Å². The molecule has 3 aromatic rings. The Morgan fingerprint density at radius 3 is 2.89 bits per heavy atom. The van der Waals surface area contributed by atoms with Crippen molar-refractivity contribution in [2.24, 2.45) is 0 Å². The van der Waals surface area contributed by atoms with E-state index in [0.29, 0.717) is 6.42 Å². The van der Waals surface area contributed by atoms with Gasteiger partial charge in [-0.1, -0.05) is 30.3 Å². The second-order valence-electron chi connectivity index (χ2n) is 7.17. The van der Waals surface area contributed by atoms with E-state index in [1.807, 2.05) is 11.0 Å². The third-order valence-corrected chi connectivity index (χ3v) is 6.14. The number of hydrogen-bond acceptors (Lipinski definition) is 4. The third-order valence-electron chi connectivity index (χ3n) is 5.34. The highest BCUT2D eigenvalue weighted by Crippen LogP contribution is 2.40. The molecular formula is C22H21N3OS. The van der Waals surface area contributed by atoms with Gasteiger partial charge in [0, 0.05) is 24.0 Å². The van der Waals surface area contributed by atoms with E-state index in [1.165, 1.54) is 22.4 Å². The Morgan fingerprint density at radius 1 is 1.15 bits per heavy atom. The summed E-state index contributed by atoms with van der Waals surface area (Å²) in [5, 5.41) is 6.49. The average molecular weight is 375 g/mol. The van der Waals surface area contributed by atoms with Crippen LogP contribution in [0.2, 0.25) is 0 Å². The molecule has 3 heterocycles. The first kappa shape index (κ1) is 16.5. The molecule has 0 saturated carbocycles. The third kappa shape index (κ3) is 3.12. The van der Waals surface area contributed by atoms with E-state index in [2.05, 4.69) is 47.1 Å². The molecule has 1 amide bonds. The predicted molar refractivity (Wildman–Crippen MR) is 111 cm³/mol. The van der Waals surface area contributed by atoms with Crippen LogP contribution in [0.25, 0.3) is 11.3 Å². The summed E-state index contributed by atoms with van der Waals surface area (Å²) in [6.45, 7) is 1.74. The minimum absolute atomic E-state index is 0.240. The summed E-state index contributed by atoms with van der Waals surface area (Å²) in [6, 6.07) is 14.9. The number of nitrogens with one attached hydrogen (secondary N) is 1. The molecule has 4 nitrogen and oxygen atoms in total. The summed E-state index contributed by atoms with van der Waals surface area (Å²) < 4.78 is 0. The lowest BCUT2D eigenvalue weighted by Gasteiger charge is -2.25. The monoisotopic (exact) mass is 375 g/mol. The molecule has 0 spiro atoms. The number of anilines is 2. The average Bonchev–Trinajstić information content (AvgIpc) is 3.29. The summed E-state index contributed by atoms with van der Waals surface area (Å²) in [4.78, 5) is 19.0. The van der Waals surface area contributed by atoms with Crippen molar-refractivity contribution in [3.05, 3.63) is 64.5 Å². The minimum atomic E-state index is 0.240. The van der Waals surface area contributed by atoms with Gasteiger partial charge in [0.2, 0.25) is 5.91 Å². The highest BCUT2D eigenvalue weighted by atomic mass is 32.1. The van der Waals surface area contributed by atoms with Crippen molar-refractivity contribution in [1.29, 1.82) is 0 Å². The maximum atomic E-state index is 12.2. The summed E-state index contributed by atoms with van der Waals surface area (Å²) >= 11 is 1.64. The van der Waals surface area contributed by atoms with Crippen molar-refractivity contribution in [3.8, 4) is 11.3 Å². The molecule has 0 unspecified atom stereocenters. The first-order chi connectivity index (χ1) is 13.3. The number of aryl methyl sites for hydroxylation is 1. The van der Waals surface area contributed by atoms with Crippen LogP contribution in [-0.2, 0) is 24.1 Å². The van der Waals surface area contributed by atoms with Crippen LogP contribution < -0.4 is 10.2 Å². The molecule has 0 aliphatic carbocycles. The zero-order chi connectivity index (χ0) is 18.2. The first-order valence-corrected chi connectivity index (χ1v) is 10.4. The van der Waals surface area contributed by atoms with Crippen LogP contribution in [-0.4, -0.2) is 24.0 Å². The second kappa shape index (κ2) is 6.82. The second-order valence-corrected chi connectivity index (χ2v) is 8.03. The lowest BCUT2D eigenvalue weighted by Crippen LogP contribution is -2.31. The molecular weight excluding hydrogens is 354 g/mol. The topological polar surface area (TPSA) is 45.2 Å². The van der Waals surface area contributed by atoms with E-state index in [-0.39, 0.29) is 5.91 Å². The quantitative estimate of drug-likeness (QED) is 0.723. The number of carbonyl (C=O) groups is 1. The number of hydrogen-bond donors (Lipinski definition) is 1. The summed E-state index contributed by atoms with van der Waals surface area (Å²) in [5.41, 5.74) is 7.09. The summed E-state index contributed by atoms with van der Waals surface area (Å²) in [6.07, 6.45) is 3.61. The number of amides is 1. The van der Waals surface area contributed by atoms with Gasteiger partial charge in [-0.25, -0.2) is 4.98 Å². The van der Waals surface area contributed by atoms with Crippen molar-refractivity contribution in [2.45, 2.75) is 25.7 Å². The van der Waals surface area contributed by atoms with Gasteiger partial charge in [-0.2, -0.15) is 0 Å². The number of benzene rings is 2. The molecule has 5 rings (SSSR count). The van der Waals surface area contributed by atoms with Crippen molar-refractivity contribution in [1.82, 2.24) is 4.98 Å². The van der Waals surface area contributed by atoms with Gasteiger partial charge in [-0.3, -0.25) is 4.79 Å². The van der Waals surface area contributed by atoms with Gasteiger partial charge in [-0.15, -0.1) is 11.3 Å². The van der Waals surface area contributed by atoms with Crippen LogP contribution in [0.5, 0.6) is 0 Å². The fourth-order valence-corrected chi connectivity index (χ4v) is 4.82. The molecule has 5 heteroatoms. The molecule has 27 heavy (non-hydrogen) atoms. The van der Waals surface area contributed by atoms with E-state index in [0.717, 1.165) is 48.7 Å². The molecule has 1 aromatic heterocycles. The molecule has 0 radical (unpaired) electrons. The van der Waals surface area contributed by atoms with Gasteiger partial charge in [0.05, 0.1) is 17.8 Å². The molecule has 0 fully saturated rings. The molecule has 0 bridgehead atoms. The number of carbonyl (C=O) groups excluding carboxylic acids is 1. The maximum absolute atomic E-state index is 12.2. The Morgan fingerprint density at radius 2 is 2.00 bits per heavy atom. The van der Waals surface area contributed by atoms with Gasteiger partial charge < -0.3 is 10.2 Å². The number of rotatable bonds is 5. The van der Waals surface area contributed by atoms with Crippen LogP contribution in [0.3, 0.4) is 0 Å². The highest BCUT2D eigenvalue weighted by molar-refractivity contribution is 7.14. The summed E-state index contributed by atoms with van der Waals surface area (Å²) in [5.74, 6) is 0.240. The van der Waals surface area contributed by atoms with Crippen LogP contribution in [0.15, 0.2) is 47.8 Å². The zero-order valence-corrected chi connectivity index (χ0v) is 15.9. The van der Waals surface area contributed by atoms with Gasteiger partial charge in [0.25, 0.3) is 0 Å². The zero-order valence-electron chi connectivity index (χ0n) is 15.1. The molecule has 2 aliphatic heterocycles. The lowest BCUT2D eigenvalue weighted by atomic mass is 9.96. The Balaban J connectivity index is 1.33. The molecule has 2 aliphatic rings. The minimum Gasteiger partial charge on any atom is -0.361 e. The van der Waals surface area contributed by atoms with E-state index < -0.39 is 0 Å². The van der Waals surface area contributed by atoms with Crippen molar-refractivity contribution < 1.29 is 4.79 Å². The number of nitrogens with zero attached hydrogens (tertiary/aromatic N) is 2. The number of aromatic nitrogens is 1. The first-order valence-electron chi connectivity index (χ1n) is 9.48. The largest absolute Gasteiger partial charge is 0.361 e. The Kier molecular flexibility index (Phi) is 4.17. The fourth-order valence-electron chi connectivity index (χ4n) is 4.07. The van der Waals surface area contributed by atoms with Crippen LogP contribution in [0, 0.1) is 0 Å². The molecule has 2 aromatic carbocycles. The molecule has 0 saturated heterocycles. The SMILES string of the molecule is O=C1Cc2cc(-c3csc(NCCc4ccccc4)n3)cc3c2N1CCC3. The smallest absolute Gasteiger partial charge is 0.231 e. The lowest BCUT2D eigenvalue weighted by molar-refractivity contribution is -0.117. The normalized spacial score (nSPS) is 15.1. The highest BCUT2D eigenvalue weighted by Gasteiger charge is 2.32. The molecule has 1 N–H and O–H groups in total. The van der Waals surface area contributed by atoms with Crippen LogP contribution in [0.4, 0.5) is 10.8 Å². The standard InChI is InChI=1S/C22H21N3OS/c26-20-13-18-12-17(11-16-7-4-10-25(20)21(16)18)19-14-27-22(24-19)23-9-8-15-5-2-1-3-6-15/h1-3,5-6,11-12,14H,4,7-10,13H2,(H,23,24).